The minimum absolute atomic E-state index is 0. The van der Waals surface area contributed by atoms with Gasteiger partial charge in [0, 0.05) is 41.3 Å². The van der Waals surface area contributed by atoms with E-state index in [1.165, 1.54) is 18.5 Å². The number of aliphatic hydroxyl groups is 1. The Morgan fingerprint density at radius 3 is 2.61 bits per heavy atom. The Balaban J connectivity index is 0.00000384. The lowest BCUT2D eigenvalue weighted by molar-refractivity contribution is 0.132. The van der Waals surface area contributed by atoms with Gasteiger partial charge in [-0.1, -0.05) is 13.8 Å². The number of carbonyl (C=O) groups excluding carboxylic acids is 1. The van der Waals surface area contributed by atoms with Gasteiger partial charge in [-0.15, -0.1) is 12.4 Å². The van der Waals surface area contributed by atoms with Crippen molar-refractivity contribution in [2.45, 2.75) is 52.2 Å². The molecule has 2 aromatic carbocycles. The number of β-amino-alcohol motifs (C(OH)–C–C–N with tert-alkyl or cyclic N) is 1. The van der Waals surface area contributed by atoms with E-state index in [1.807, 2.05) is 37.3 Å². The zero-order valence-corrected chi connectivity index (χ0v) is 26.1. The van der Waals surface area contributed by atoms with Crippen LogP contribution in [-0.2, 0) is 0 Å². The summed E-state index contributed by atoms with van der Waals surface area (Å²) >= 11 is 0. The van der Waals surface area contributed by atoms with Crippen LogP contribution in [-0.4, -0.2) is 69.4 Å². The maximum atomic E-state index is 15.0. The first-order chi connectivity index (χ1) is 20.7. The van der Waals surface area contributed by atoms with Gasteiger partial charge < -0.3 is 30.4 Å². The maximum Gasteiger partial charge on any atom is 0.321 e. The number of aromatic amines is 1. The Morgan fingerprint density at radius 1 is 1.14 bits per heavy atom. The number of benzene rings is 2. The Labute approximate surface area is 263 Å². The fourth-order valence-electron chi connectivity index (χ4n) is 6.24. The third kappa shape index (κ3) is 6.82. The largest absolute Gasteiger partial charge is 0.490 e. The van der Waals surface area contributed by atoms with Crippen LogP contribution in [0.4, 0.5) is 14.9 Å². The van der Waals surface area contributed by atoms with Crippen molar-refractivity contribution in [1.29, 1.82) is 0 Å². The van der Waals surface area contributed by atoms with Gasteiger partial charge in [-0.3, -0.25) is 0 Å². The SMILES string of the molecule is Cc1c(NC(=O)N2CC(O)C(CC(C)C)C2)cc(F)cc1-c1ncnc2[nH]c(-c3ccc(OC4CCNCC4)cc3)cc12.Cl. The predicted molar refractivity (Wildman–Crippen MR) is 173 cm³/mol. The predicted octanol–water partition coefficient (Wildman–Crippen LogP) is 6.16. The van der Waals surface area contributed by atoms with E-state index in [1.54, 1.807) is 4.90 Å². The molecule has 2 unspecified atom stereocenters. The number of hydrogen-bond acceptors (Lipinski definition) is 6. The van der Waals surface area contributed by atoms with Crippen LogP contribution in [0.5, 0.6) is 5.75 Å². The fourth-order valence-corrected chi connectivity index (χ4v) is 6.24. The van der Waals surface area contributed by atoms with E-state index < -0.39 is 11.9 Å². The highest BCUT2D eigenvalue weighted by atomic mass is 35.5. The molecule has 2 aliphatic rings. The molecular weight excluding hydrogens is 583 g/mol. The summed E-state index contributed by atoms with van der Waals surface area (Å²) < 4.78 is 21.1. The van der Waals surface area contributed by atoms with Crippen LogP contribution in [0.1, 0.15) is 38.7 Å². The molecule has 2 saturated heterocycles. The number of carbonyl (C=O) groups is 1. The number of rotatable bonds is 7. The van der Waals surface area contributed by atoms with Gasteiger partial charge in [0.05, 0.1) is 11.8 Å². The van der Waals surface area contributed by atoms with Crippen LogP contribution in [0.25, 0.3) is 33.5 Å². The van der Waals surface area contributed by atoms with Crippen molar-refractivity contribution in [2.24, 2.45) is 11.8 Å². The standard InChI is InChI=1S/C33H39FN6O3.ClH/c1-19(2)12-22-16-40(17-30(22)41)33(42)39-28-14-23(34)13-26(20(28)3)31-27-15-29(38-32(27)37-18-36-31)21-4-6-24(7-5-21)43-25-8-10-35-11-9-25;/h4-7,13-15,18-19,22,25,30,35,41H,8-12,16-17H2,1-3H3,(H,39,42)(H,36,37,38);1H. The molecule has 2 aliphatic heterocycles. The smallest absolute Gasteiger partial charge is 0.321 e. The Hall–Kier alpha value is -3.73. The third-order valence-corrected chi connectivity index (χ3v) is 8.52. The molecule has 0 radical (unpaired) electrons. The zero-order chi connectivity index (χ0) is 30.1. The first kappa shape index (κ1) is 31.7. The van der Waals surface area contributed by atoms with Crippen molar-refractivity contribution in [3.05, 3.63) is 60.2 Å². The molecule has 44 heavy (non-hydrogen) atoms. The number of nitrogens with zero attached hydrogens (tertiary/aromatic N) is 3. The highest BCUT2D eigenvalue weighted by molar-refractivity contribution is 5.97. The molecule has 2 atom stereocenters. The number of H-pyrrole nitrogens is 1. The number of urea groups is 1. The van der Waals surface area contributed by atoms with Crippen molar-refractivity contribution in [3.8, 4) is 28.3 Å². The van der Waals surface area contributed by atoms with Gasteiger partial charge in [0.2, 0.25) is 0 Å². The number of piperidine rings is 1. The van der Waals surface area contributed by atoms with E-state index in [0.29, 0.717) is 40.6 Å². The minimum atomic E-state index is -0.562. The van der Waals surface area contributed by atoms with Crippen LogP contribution in [0.2, 0.25) is 0 Å². The average molecular weight is 623 g/mol. The number of halogens is 2. The number of fused-ring (bicyclic) bond motifs is 1. The quantitative estimate of drug-likeness (QED) is 0.196. The molecule has 2 aromatic heterocycles. The number of anilines is 1. The molecule has 6 rings (SSSR count). The summed E-state index contributed by atoms with van der Waals surface area (Å²) in [6.07, 6.45) is 3.95. The monoisotopic (exact) mass is 622 g/mol. The first-order valence-electron chi connectivity index (χ1n) is 15.1. The molecule has 0 aliphatic carbocycles. The molecule has 0 spiro atoms. The van der Waals surface area contributed by atoms with E-state index in [2.05, 4.69) is 39.4 Å². The van der Waals surface area contributed by atoms with Crippen LogP contribution < -0.4 is 15.4 Å². The van der Waals surface area contributed by atoms with Crippen molar-refractivity contribution in [1.82, 2.24) is 25.2 Å². The fraction of sp³-hybridized carbons (Fsp3) is 0.424. The highest BCUT2D eigenvalue weighted by Gasteiger charge is 2.34. The Morgan fingerprint density at radius 2 is 1.89 bits per heavy atom. The topological polar surface area (TPSA) is 115 Å². The van der Waals surface area contributed by atoms with E-state index in [4.69, 9.17) is 4.74 Å². The van der Waals surface area contributed by atoms with Gasteiger partial charge in [-0.05, 0) is 98.8 Å². The van der Waals surface area contributed by atoms with Gasteiger partial charge >= 0.3 is 6.03 Å². The van der Waals surface area contributed by atoms with Crippen molar-refractivity contribution >= 4 is 35.2 Å². The number of nitrogens with one attached hydrogen (secondary N) is 3. The van der Waals surface area contributed by atoms with Gasteiger partial charge in [-0.25, -0.2) is 19.2 Å². The summed E-state index contributed by atoms with van der Waals surface area (Å²) in [5, 5.41) is 17.5. The van der Waals surface area contributed by atoms with E-state index in [-0.39, 0.29) is 37.0 Å². The van der Waals surface area contributed by atoms with Gasteiger partial charge in [0.15, 0.2) is 0 Å². The molecular formula is C33H40ClFN6O3. The number of ether oxygens (including phenoxy) is 1. The number of amides is 2. The molecule has 2 fully saturated rings. The van der Waals surface area contributed by atoms with Gasteiger partial charge in [0.1, 0.15) is 29.6 Å². The van der Waals surface area contributed by atoms with Gasteiger partial charge in [0.25, 0.3) is 0 Å². The molecule has 4 heterocycles. The lowest BCUT2D eigenvalue weighted by atomic mass is 9.95. The van der Waals surface area contributed by atoms with Crippen molar-refractivity contribution in [3.63, 3.8) is 0 Å². The number of aromatic nitrogens is 3. The second kappa shape index (κ2) is 13.5. The maximum absolute atomic E-state index is 15.0. The normalized spacial score (nSPS) is 18.9. The summed E-state index contributed by atoms with van der Waals surface area (Å²) in [5.74, 6) is 0.815. The van der Waals surface area contributed by atoms with Crippen LogP contribution in [0.15, 0.2) is 48.8 Å². The molecule has 234 valence electrons. The van der Waals surface area contributed by atoms with Gasteiger partial charge in [-0.2, -0.15) is 0 Å². The molecule has 2 amide bonds. The summed E-state index contributed by atoms with van der Waals surface area (Å²) in [6.45, 7) is 8.72. The summed E-state index contributed by atoms with van der Waals surface area (Å²) in [7, 11) is 0. The molecule has 4 aromatic rings. The van der Waals surface area contributed by atoms with E-state index >= 15 is 0 Å². The van der Waals surface area contributed by atoms with E-state index in [0.717, 1.165) is 54.7 Å². The number of hydrogen-bond donors (Lipinski definition) is 4. The minimum Gasteiger partial charge on any atom is -0.490 e. The van der Waals surface area contributed by atoms with Crippen LogP contribution in [0, 0.1) is 24.6 Å². The van der Waals surface area contributed by atoms with Crippen LogP contribution in [0.3, 0.4) is 0 Å². The first-order valence-corrected chi connectivity index (χ1v) is 15.1. The lowest BCUT2D eigenvalue weighted by Gasteiger charge is -2.23. The zero-order valence-electron chi connectivity index (χ0n) is 25.3. The Bertz CT molecular complexity index is 1610. The summed E-state index contributed by atoms with van der Waals surface area (Å²) in [6, 6.07) is 12.3. The van der Waals surface area contributed by atoms with Crippen LogP contribution >= 0.6 is 12.4 Å². The van der Waals surface area contributed by atoms with Crippen molar-refractivity contribution < 1.29 is 19.0 Å². The molecule has 4 N–H and O–H groups in total. The molecule has 11 heteroatoms. The molecule has 9 nitrogen and oxygen atoms in total. The highest BCUT2D eigenvalue weighted by Crippen LogP contribution is 2.35. The number of likely N-dealkylation sites (tertiary alicyclic amines) is 1. The lowest BCUT2D eigenvalue weighted by Crippen LogP contribution is -2.34. The van der Waals surface area contributed by atoms with E-state index in [9.17, 15) is 14.3 Å². The molecule has 0 saturated carbocycles. The second-order valence-electron chi connectivity index (χ2n) is 12.2. The number of aliphatic hydroxyl groups excluding tert-OH is 1. The Kier molecular flexibility index (Phi) is 9.72. The summed E-state index contributed by atoms with van der Waals surface area (Å²) in [4.78, 5) is 27.1. The third-order valence-electron chi connectivity index (χ3n) is 8.52. The second-order valence-corrected chi connectivity index (χ2v) is 12.2. The van der Waals surface area contributed by atoms with Crippen molar-refractivity contribution in [2.75, 3.05) is 31.5 Å². The molecule has 0 bridgehead atoms. The summed E-state index contributed by atoms with van der Waals surface area (Å²) in [5.41, 5.74) is 4.65. The average Bonchev–Trinajstić information content (AvgIpc) is 3.59.